The molecule has 9 nitrogen and oxygen atoms in total. The summed E-state index contributed by atoms with van der Waals surface area (Å²) in [5.41, 5.74) is 1.91. The van der Waals surface area contributed by atoms with E-state index in [1.807, 2.05) is 12.1 Å². The predicted molar refractivity (Wildman–Crippen MR) is 103 cm³/mol. The summed E-state index contributed by atoms with van der Waals surface area (Å²) in [5.74, 6) is 0.142. The zero-order valence-corrected chi connectivity index (χ0v) is 15.1. The number of rotatable bonds is 6. The van der Waals surface area contributed by atoms with E-state index in [9.17, 15) is 14.9 Å². The maximum absolute atomic E-state index is 12.8. The second-order valence-electron chi connectivity index (χ2n) is 6.08. The standard InChI is InChI=1S/C20H15N5O4/c26-20(22-13-14-4-1-2-10-21-14)18-12-17(19-5-3-11-29-19)23-24(18)15-6-8-16(9-7-15)25(27)28/h1-12H,13H2,(H,22,26). The van der Waals surface area contributed by atoms with Gasteiger partial charge in [-0.15, -0.1) is 0 Å². The van der Waals surface area contributed by atoms with Crippen LogP contribution in [-0.4, -0.2) is 25.6 Å². The van der Waals surface area contributed by atoms with Gasteiger partial charge in [-0.05, 0) is 36.4 Å². The lowest BCUT2D eigenvalue weighted by Crippen LogP contribution is -2.25. The van der Waals surface area contributed by atoms with Gasteiger partial charge in [0.1, 0.15) is 11.4 Å². The van der Waals surface area contributed by atoms with Gasteiger partial charge in [-0.25, -0.2) is 4.68 Å². The molecule has 4 rings (SSSR count). The minimum absolute atomic E-state index is 0.0479. The lowest BCUT2D eigenvalue weighted by atomic mass is 10.2. The van der Waals surface area contributed by atoms with Gasteiger partial charge in [-0.3, -0.25) is 19.9 Å². The third kappa shape index (κ3) is 3.88. The van der Waals surface area contributed by atoms with Gasteiger partial charge >= 0.3 is 0 Å². The van der Waals surface area contributed by atoms with Crippen LogP contribution >= 0.6 is 0 Å². The number of benzene rings is 1. The van der Waals surface area contributed by atoms with Crippen molar-refractivity contribution >= 4 is 11.6 Å². The molecule has 0 bridgehead atoms. The zero-order chi connectivity index (χ0) is 20.2. The number of nitrogens with one attached hydrogen (secondary N) is 1. The Morgan fingerprint density at radius 1 is 1.14 bits per heavy atom. The second-order valence-corrected chi connectivity index (χ2v) is 6.08. The first kappa shape index (κ1) is 18.1. The highest BCUT2D eigenvalue weighted by Gasteiger charge is 2.19. The van der Waals surface area contributed by atoms with Gasteiger partial charge in [0.05, 0.1) is 29.1 Å². The summed E-state index contributed by atoms with van der Waals surface area (Å²) in [4.78, 5) is 27.4. The fraction of sp³-hybridized carbons (Fsp3) is 0.0500. The molecule has 4 aromatic rings. The number of nitrogens with zero attached hydrogens (tertiary/aromatic N) is 4. The lowest BCUT2D eigenvalue weighted by Gasteiger charge is -2.08. The molecule has 144 valence electrons. The zero-order valence-electron chi connectivity index (χ0n) is 15.1. The van der Waals surface area contributed by atoms with Gasteiger partial charge in [-0.2, -0.15) is 5.10 Å². The van der Waals surface area contributed by atoms with Gasteiger partial charge in [0.25, 0.3) is 11.6 Å². The summed E-state index contributed by atoms with van der Waals surface area (Å²) < 4.78 is 6.80. The van der Waals surface area contributed by atoms with Crippen molar-refractivity contribution in [3.05, 3.63) is 94.6 Å². The molecule has 0 radical (unpaired) electrons. The molecule has 0 aliphatic heterocycles. The topological polar surface area (TPSA) is 116 Å². The van der Waals surface area contributed by atoms with E-state index in [4.69, 9.17) is 4.42 Å². The Labute approximate surface area is 164 Å². The predicted octanol–water partition coefficient (Wildman–Crippen LogP) is 3.37. The molecular weight excluding hydrogens is 374 g/mol. The van der Waals surface area contributed by atoms with Gasteiger partial charge in [0, 0.05) is 24.4 Å². The molecule has 1 amide bonds. The second kappa shape index (κ2) is 7.77. The average Bonchev–Trinajstić information content (AvgIpc) is 3.43. The van der Waals surface area contributed by atoms with E-state index >= 15 is 0 Å². The minimum atomic E-state index is -0.484. The number of hydrogen-bond acceptors (Lipinski definition) is 6. The Hall–Kier alpha value is -4.27. The number of carbonyl (C=O) groups excluding carboxylic acids is 1. The van der Waals surface area contributed by atoms with E-state index in [0.29, 0.717) is 22.8 Å². The SMILES string of the molecule is O=C(NCc1ccccn1)c1cc(-c2ccco2)nn1-c1ccc([N+](=O)[O-])cc1. The normalized spacial score (nSPS) is 10.6. The minimum Gasteiger partial charge on any atom is -0.463 e. The molecule has 0 atom stereocenters. The molecule has 0 unspecified atom stereocenters. The van der Waals surface area contributed by atoms with E-state index in [1.165, 1.54) is 35.2 Å². The number of carbonyl (C=O) groups is 1. The highest BCUT2D eigenvalue weighted by molar-refractivity contribution is 5.94. The quantitative estimate of drug-likeness (QED) is 0.399. The van der Waals surface area contributed by atoms with E-state index in [1.54, 1.807) is 30.5 Å². The van der Waals surface area contributed by atoms with Gasteiger partial charge in [0.2, 0.25) is 0 Å². The maximum Gasteiger partial charge on any atom is 0.270 e. The molecule has 1 aromatic carbocycles. The lowest BCUT2D eigenvalue weighted by molar-refractivity contribution is -0.384. The first-order valence-corrected chi connectivity index (χ1v) is 8.69. The maximum atomic E-state index is 12.8. The van der Waals surface area contributed by atoms with Crippen LogP contribution in [-0.2, 0) is 6.54 Å². The van der Waals surface area contributed by atoms with Crippen molar-refractivity contribution in [2.24, 2.45) is 0 Å². The van der Waals surface area contributed by atoms with Crippen LogP contribution < -0.4 is 5.32 Å². The third-order valence-corrected chi connectivity index (χ3v) is 4.18. The molecule has 3 aromatic heterocycles. The summed E-state index contributed by atoms with van der Waals surface area (Å²) in [5, 5.41) is 18.2. The third-order valence-electron chi connectivity index (χ3n) is 4.18. The molecule has 0 saturated carbocycles. The summed E-state index contributed by atoms with van der Waals surface area (Å²) in [6.45, 7) is 0.251. The number of aromatic nitrogens is 3. The molecule has 0 fully saturated rings. The first-order valence-electron chi connectivity index (χ1n) is 8.69. The van der Waals surface area contributed by atoms with Crippen molar-refractivity contribution in [2.75, 3.05) is 0 Å². The molecule has 0 aliphatic rings. The van der Waals surface area contributed by atoms with Crippen LogP contribution in [0.2, 0.25) is 0 Å². The molecule has 0 spiro atoms. The molecule has 3 heterocycles. The number of amides is 1. The molecule has 9 heteroatoms. The number of nitro benzene ring substituents is 1. The van der Waals surface area contributed by atoms with Crippen molar-refractivity contribution in [1.82, 2.24) is 20.1 Å². The number of hydrogen-bond donors (Lipinski definition) is 1. The van der Waals surface area contributed by atoms with Crippen molar-refractivity contribution in [2.45, 2.75) is 6.54 Å². The fourth-order valence-electron chi connectivity index (χ4n) is 2.76. The number of furan rings is 1. The van der Waals surface area contributed by atoms with Crippen LogP contribution in [0.4, 0.5) is 5.69 Å². The Bertz CT molecular complexity index is 1140. The van der Waals surface area contributed by atoms with Crippen LogP contribution in [0.1, 0.15) is 16.2 Å². The van der Waals surface area contributed by atoms with Crippen molar-refractivity contribution in [3.63, 3.8) is 0 Å². The van der Waals surface area contributed by atoms with Gasteiger partial charge in [0.15, 0.2) is 5.76 Å². The van der Waals surface area contributed by atoms with Crippen molar-refractivity contribution in [3.8, 4) is 17.1 Å². The van der Waals surface area contributed by atoms with Crippen LogP contribution in [0.15, 0.2) is 77.5 Å². The molecule has 1 N–H and O–H groups in total. The highest BCUT2D eigenvalue weighted by atomic mass is 16.6. The molecular formula is C20H15N5O4. The largest absolute Gasteiger partial charge is 0.463 e. The van der Waals surface area contributed by atoms with Crippen LogP contribution in [0.5, 0.6) is 0 Å². The summed E-state index contributed by atoms with van der Waals surface area (Å²) in [6.07, 6.45) is 3.17. The summed E-state index contributed by atoms with van der Waals surface area (Å²) >= 11 is 0. The number of pyridine rings is 1. The van der Waals surface area contributed by atoms with Crippen molar-refractivity contribution < 1.29 is 14.1 Å². The summed E-state index contributed by atoms with van der Waals surface area (Å²) in [7, 11) is 0. The smallest absolute Gasteiger partial charge is 0.270 e. The van der Waals surface area contributed by atoms with E-state index in [2.05, 4.69) is 15.4 Å². The Kier molecular flexibility index (Phi) is 4.85. The monoisotopic (exact) mass is 389 g/mol. The van der Waals surface area contributed by atoms with Gasteiger partial charge in [-0.1, -0.05) is 6.07 Å². The molecule has 29 heavy (non-hydrogen) atoms. The van der Waals surface area contributed by atoms with E-state index < -0.39 is 4.92 Å². The van der Waals surface area contributed by atoms with Crippen molar-refractivity contribution in [1.29, 1.82) is 0 Å². The Morgan fingerprint density at radius 3 is 2.62 bits per heavy atom. The Morgan fingerprint density at radius 2 is 1.97 bits per heavy atom. The molecule has 0 saturated heterocycles. The fourth-order valence-corrected chi connectivity index (χ4v) is 2.76. The van der Waals surface area contributed by atoms with Gasteiger partial charge < -0.3 is 9.73 Å². The number of nitro groups is 1. The van der Waals surface area contributed by atoms with Crippen LogP contribution in [0, 0.1) is 10.1 Å². The Balaban J connectivity index is 1.67. The first-order chi connectivity index (χ1) is 14.1. The van der Waals surface area contributed by atoms with Crippen LogP contribution in [0.3, 0.4) is 0 Å². The van der Waals surface area contributed by atoms with E-state index in [-0.39, 0.29) is 23.8 Å². The molecule has 0 aliphatic carbocycles. The number of non-ortho nitro benzene ring substituents is 1. The van der Waals surface area contributed by atoms with E-state index in [0.717, 1.165) is 0 Å². The average molecular weight is 389 g/mol. The summed E-state index contributed by atoms with van der Waals surface area (Å²) in [6, 6.07) is 16.3. The highest BCUT2D eigenvalue weighted by Crippen LogP contribution is 2.23. The van der Waals surface area contributed by atoms with Crippen LogP contribution in [0.25, 0.3) is 17.1 Å².